The van der Waals surface area contributed by atoms with Crippen LogP contribution in [0.3, 0.4) is 0 Å². The quantitative estimate of drug-likeness (QED) is 0.909. The number of nitrogens with two attached hydrogens (primary N) is 1. The van der Waals surface area contributed by atoms with Gasteiger partial charge in [0.1, 0.15) is 0 Å². The van der Waals surface area contributed by atoms with Crippen LogP contribution in [0.4, 0.5) is 5.69 Å². The zero-order valence-electron chi connectivity index (χ0n) is 8.43. The molecule has 0 radical (unpaired) electrons. The van der Waals surface area contributed by atoms with E-state index in [4.69, 9.17) is 5.73 Å². The second kappa shape index (κ2) is 4.49. The van der Waals surface area contributed by atoms with Crippen LogP contribution in [0.5, 0.6) is 0 Å². The molecule has 2 heterocycles. The van der Waals surface area contributed by atoms with Crippen LogP contribution >= 0.6 is 15.9 Å². The normalized spacial score (nSPS) is 10.3. The van der Waals surface area contributed by atoms with Crippen molar-refractivity contribution >= 4 is 21.6 Å². The van der Waals surface area contributed by atoms with Gasteiger partial charge >= 0.3 is 0 Å². The summed E-state index contributed by atoms with van der Waals surface area (Å²) in [7, 11) is 0. The van der Waals surface area contributed by atoms with Gasteiger partial charge in [-0.1, -0.05) is 0 Å². The molecule has 0 aromatic carbocycles. The van der Waals surface area contributed by atoms with Gasteiger partial charge in [0.25, 0.3) is 5.56 Å². The molecule has 0 unspecified atom stereocenters. The smallest absolute Gasteiger partial charge is 0.250 e. The summed E-state index contributed by atoms with van der Waals surface area (Å²) in [4.78, 5) is 15.6. The Labute approximate surface area is 101 Å². The van der Waals surface area contributed by atoms with E-state index < -0.39 is 0 Å². The molecule has 5 heteroatoms. The van der Waals surface area contributed by atoms with Gasteiger partial charge in [0.05, 0.1) is 6.54 Å². The van der Waals surface area contributed by atoms with Gasteiger partial charge < -0.3 is 10.3 Å². The lowest BCUT2D eigenvalue weighted by Crippen LogP contribution is -2.19. The molecule has 0 atom stereocenters. The van der Waals surface area contributed by atoms with E-state index in [1.54, 1.807) is 29.2 Å². The molecule has 0 saturated heterocycles. The van der Waals surface area contributed by atoms with E-state index in [1.807, 2.05) is 6.07 Å². The Balaban J connectivity index is 2.34. The predicted octanol–water partition coefficient (Wildman–Crippen LogP) is 1.64. The first-order valence-electron chi connectivity index (χ1n) is 4.70. The van der Waals surface area contributed by atoms with Crippen LogP contribution in [0, 0.1) is 0 Å². The number of hydrogen-bond donors (Lipinski definition) is 1. The Morgan fingerprint density at radius 2 is 2.19 bits per heavy atom. The maximum atomic E-state index is 11.5. The van der Waals surface area contributed by atoms with Crippen LogP contribution < -0.4 is 11.3 Å². The third-order valence-corrected chi connectivity index (χ3v) is 2.55. The van der Waals surface area contributed by atoms with E-state index in [0.29, 0.717) is 12.2 Å². The zero-order chi connectivity index (χ0) is 11.5. The summed E-state index contributed by atoms with van der Waals surface area (Å²) in [5.41, 5.74) is 7.07. The van der Waals surface area contributed by atoms with Crippen molar-refractivity contribution < 1.29 is 0 Å². The number of pyridine rings is 2. The SMILES string of the molecule is Nc1ccc(=O)n(Cc2cncc(Br)c2)c1. The maximum absolute atomic E-state index is 11.5. The largest absolute Gasteiger partial charge is 0.398 e. The molecule has 0 amide bonds. The Bertz CT molecular complexity index is 565. The molecule has 2 rings (SSSR count). The van der Waals surface area contributed by atoms with Crippen molar-refractivity contribution in [3.63, 3.8) is 0 Å². The molecule has 0 spiro atoms. The highest BCUT2D eigenvalue weighted by molar-refractivity contribution is 9.10. The van der Waals surface area contributed by atoms with Gasteiger partial charge in [0, 0.05) is 34.8 Å². The Morgan fingerprint density at radius 3 is 2.94 bits per heavy atom. The fraction of sp³-hybridized carbons (Fsp3) is 0.0909. The van der Waals surface area contributed by atoms with Gasteiger partial charge in [0.2, 0.25) is 0 Å². The highest BCUT2D eigenvalue weighted by atomic mass is 79.9. The van der Waals surface area contributed by atoms with Crippen LogP contribution in [0.15, 0.2) is 46.1 Å². The van der Waals surface area contributed by atoms with Crippen molar-refractivity contribution in [2.24, 2.45) is 0 Å². The fourth-order valence-electron chi connectivity index (χ4n) is 1.41. The van der Waals surface area contributed by atoms with E-state index in [1.165, 1.54) is 6.07 Å². The van der Waals surface area contributed by atoms with Crippen molar-refractivity contribution in [1.82, 2.24) is 9.55 Å². The van der Waals surface area contributed by atoms with Crippen LogP contribution in [0.25, 0.3) is 0 Å². The standard InChI is InChI=1S/C11H10BrN3O/c12-9-3-8(4-14-5-9)6-15-7-10(13)1-2-11(15)16/h1-5,7H,6,13H2. The molecule has 2 aromatic rings. The number of nitrogen functional groups attached to an aromatic ring is 1. The Hall–Kier alpha value is -1.62. The van der Waals surface area contributed by atoms with E-state index in [9.17, 15) is 4.79 Å². The summed E-state index contributed by atoms with van der Waals surface area (Å²) in [5.74, 6) is 0. The number of halogens is 1. The van der Waals surface area contributed by atoms with Gasteiger partial charge in [-0.2, -0.15) is 0 Å². The maximum Gasteiger partial charge on any atom is 0.250 e. The molecule has 0 fully saturated rings. The van der Waals surface area contributed by atoms with Gasteiger partial charge in [-0.3, -0.25) is 9.78 Å². The third-order valence-electron chi connectivity index (χ3n) is 2.12. The molecular formula is C11H10BrN3O. The molecule has 0 bridgehead atoms. The lowest BCUT2D eigenvalue weighted by molar-refractivity contribution is 0.758. The first kappa shape index (κ1) is 10.9. The lowest BCUT2D eigenvalue weighted by atomic mass is 10.3. The summed E-state index contributed by atoms with van der Waals surface area (Å²) in [6, 6.07) is 4.97. The van der Waals surface area contributed by atoms with Crippen molar-refractivity contribution in [2.45, 2.75) is 6.54 Å². The minimum Gasteiger partial charge on any atom is -0.398 e. The summed E-state index contributed by atoms with van der Waals surface area (Å²) in [6.45, 7) is 0.469. The number of rotatable bonds is 2. The highest BCUT2D eigenvalue weighted by Gasteiger charge is 1.99. The van der Waals surface area contributed by atoms with Gasteiger partial charge in [-0.25, -0.2) is 0 Å². The molecule has 0 aliphatic carbocycles. The van der Waals surface area contributed by atoms with Crippen molar-refractivity contribution in [3.05, 3.63) is 57.2 Å². The average molecular weight is 280 g/mol. The van der Waals surface area contributed by atoms with E-state index in [-0.39, 0.29) is 5.56 Å². The predicted molar refractivity (Wildman–Crippen MR) is 66.2 cm³/mol. The molecule has 0 aliphatic rings. The second-order valence-corrected chi connectivity index (χ2v) is 4.36. The molecular weight excluding hydrogens is 270 g/mol. The van der Waals surface area contributed by atoms with Crippen molar-refractivity contribution in [2.75, 3.05) is 5.73 Å². The van der Waals surface area contributed by atoms with E-state index in [2.05, 4.69) is 20.9 Å². The van der Waals surface area contributed by atoms with Crippen LogP contribution in [-0.2, 0) is 6.54 Å². The Kier molecular flexibility index (Phi) is 3.05. The van der Waals surface area contributed by atoms with Crippen molar-refractivity contribution in [1.29, 1.82) is 0 Å². The van der Waals surface area contributed by atoms with Gasteiger partial charge in [-0.05, 0) is 33.6 Å². The van der Waals surface area contributed by atoms with Crippen LogP contribution in [0.1, 0.15) is 5.56 Å². The molecule has 82 valence electrons. The number of aromatic nitrogens is 2. The number of anilines is 1. The van der Waals surface area contributed by atoms with Gasteiger partial charge in [0.15, 0.2) is 0 Å². The van der Waals surface area contributed by atoms with Crippen molar-refractivity contribution in [3.8, 4) is 0 Å². The summed E-state index contributed by atoms with van der Waals surface area (Å²) < 4.78 is 2.45. The molecule has 2 aromatic heterocycles. The van der Waals surface area contributed by atoms with Gasteiger partial charge in [-0.15, -0.1) is 0 Å². The molecule has 4 nitrogen and oxygen atoms in total. The highest BCUT2D eigenvalue weighted by Crippen LogP contribution is 2.10. The first-order valence-corrected chi connectivity index (χ1v) is 5.50. The second-order valence-electron chi connectivity index (χ2n) is 3.44. The van der Waals surface area contributed by atoms with E-state index in [0.717, 1.165) is 10.0 Å². The number of nitrogens with zero attached hydrogens (tertiary/aromatic N) is 2. The summed E-state index contributed by atoms with van der Waals surface area (Å²) in [6.07, 6.45) is 5.05. The molecule has 16 heavy (non-hydrogen) atoms. The first-order chi connectivity index (χ1) is 7.65. The monoisotopic (exact) mass is 279 g/mol. The Morgan fingerprint density at radius 1 is 1.38 bits per heavy atom. The molecule has 0 aliphatic heterocycles. The minimum absolute atomic E-state index is 0.0748. The summed E-state index contributed by atoms with van der Waals surface area (Å²) >= 11 is 3.33. The topological polar surface area (TPSA) is 60.9 Å². The zero-order valence-corrected chi connectivity index (χ0v) is 10.0. The van der Waals surface area contributed by atoms with Crippen LogP contribution in [0.2, 0.25) is 0 Å². The lowest BCUT2D eigenvalue weighted by Gasteiger charge is -2.06. The number of hydrogen-bond acceptors (Lipinski definition) is 3. The van der Waals surface area contributed by atoms with Crippen LogP contribution in [-0.4, -0.2) is 9.55 Å². The molecule has 0 saturated carbocycles. The minimum atomic E-state index is -0.0748. The molecule has 2 N–H and O–H groups in total. The third kappa shape index (κ3) is 2.49. The van der Waals surface area contributed by atoms with E-state index >= 15 is 0 Å². The average Bonchev–Trinajstić information content (AvgIpc) is 2.24. The fourth-order valence-corrected chi connectivity index (χ4v) is 1.82. The summed E-state index contributed by atoms with van der Waals surface area (Å²) in [5, 5.41) is 0.